The number of likely N-dealkylation sites (tertiary alicyclic amines) is 1. The van der Waals surface area contributed by atoms with Crippen LogP contribution in [0.25, 0.3) is 10.8 Å². The molecule has 2 aromatic carbocycles. The molecule has 3 saturated carbocycles. The highest BCUT2D eigenvalue weighted by molar-refractivity contribution is 5.88. The lowest BCUT2D eigenvalue weighted by Crippen LogP contribution is -2.69. The third-order valence-corrected chi connectivity index (χ3v) is 10.8. The van der Waals surface area contributed by atoms with Gasteiger partial charge < -0.3 is 9.64 Å². The van der Waals surface area contributed by atoms with Crippen molar-refractivity contribution in [1.29, 1.82) is 0 Å². The van der Waals surface area contributed by atoms with Gasteiger partial charge in [0.15, 0.2) is 0 Å². The molecule has 8 atom stereocenters. The van der Waals surface area contributed by atoms with E-state index in [2.05, 4.69) is 68.1 Å². The normalized spacial score (nSPS) is 42.5. The molecule has 33 heavy (non-hydrogen) atoms. The molecule has 3 aliphatic carbocycles. The minimum absolute atomic E-state index is 0.0271. The van der Waals surface area contributed by atoms with E-state index in [0.717, 1.165) is 18.1 Å². The number of hydrogen-bond donors (Lipinski definition) is 0. The van der Waals surface area contributed by atoms with E-state index in [1.165, 1.54) is 42.9 Å². The Morgan fingerprint density at radius 2 is 1.76 bits per heavy atom. The summed E-state index contributed by atoms with van der Waals surface area (Å²) in [4.78, 5) is 15.1. The molecule has 0 spiro atoms. The van der Waals surface area contributed by atoms with E-state index in [9.17, 15) is 4.79 Å². The Labute approximate surface area is 198 Å². The van der Waals surface area contributed by atoms with Gasteiger partial charge in [0.2, 0.25) is 5.91 Å². The summed E-state index contributed by atoms with van der Waals surface area (Å²) in [6.45, 7) is 7.52. The van der Waals surface area contributed by atoms with Crippen molar-refractivity contribution in [2.75, 3.05) is 7.05 Å². The van der Waals surface area contributed by atoms with Gasteiger partial charge in [-0.15, -0.1) is 0 Å². The molecule has 3 nitrogen and oxygen atoms in total. The van der Waals surface area contributed by atoms with Crippen molar-refractivity contribution in [3.05, 3.63) is 42.5 Å². The smallest absolute Gasteiger partial charge is 0.222 e. The molecule has 0 N–H and O–H groups in total. The van der Waals surface area contributed by atoms with Crippen molar-refractivity contribution in [2.45, 2.75) is 77.9 Å². The summed E-state index contributed by atoms with van der Waals surface area (Å²) in [7, 11) is 2.04. The minimum atomic E-state index is 0.0271. The Morgan fingerprint density at radius 3 is 2.61 bits per heavy atom. The van der Waals surface area contributed by atoms with Gasteiger partial charge in [0.1, 0.15) is 11.9 Å². The van der Waals surface area contributed by atoms with Gasteiger partial charge in [0, 0.05) is 18.9 Å². The maximum atomic E-state index is 13.0. The highest BCUT2D eigenvalue weighted by Crippen LogP contribution is 2.66. The molecule has 1 amide bonds. The van der Waals surface area contributed by atoms with E-state index in [-0.39, 0.29) is 23.5 Å². The molecule has 6 rings (SSSR count). The first kappa shape index (κ1) is 21.5. The first-order chi connectivity index (χ1) is 15.8. The summed E-state index contributed by atoms with van der Waals surface area (Å²) in [6, 6.07) is 15.1. The average molecular weight is 446 g/mol. The van der Waals surface area contributed by atoms with E-state index in [0.29, 0.717) is 29.6 Å². The molecular formula is C30H39NO2. The Kier molecular flexibility index (Phi) is 4.88. The number of carbonyl (C=O) groups excluding carboxylic acids is 1. The lowest BCUT2D eigenvalue weighted by atomic mass is 9.44. The number of rotatable bonds is 2. The van der Waals surface area contributed by atoms with Crippen LogP contribution in [0.1, 0.15) is 65.7 Å². The van der Waals surface area contributed by atoms with Crippen LogP contribution in [-0.2, 0) is 4.79 Å². The summed E-state index contributed by atoms with van der Waals surface area (Å²) in [5, 5.41) is 2.39. The van der Waals surface area contributed by atoms with Crippen molar-refractivity contribution in [2.24, 2.45) is 34.5 Å². The largest absolute Gasteiger partial charge is 0.487 e. The third-order valence-electron chi connectivity index (χ3n) is 10.8. The molecule has 4 aliphatic rings. The summed E-state index contributed by atoms with van der Waals surface area (Å²) >= 11 is 0. The van der Waals surface area contributed by atoms with Crippen molar-refractivity contribution < 1.29 is 9.53 Å². The lowest BCUT2D eigenvalue weighted by molar-refractivity contribution is -0.191. The quantitative estimate of drug-likeness (QED) is 0.515. The van der Waals surface area contributed by atoms with E-state index >= 15 is 0 Å². The molecule has 0 radical (unpaired) electrons. The summed E-state index contributed by atoms with van der Waals surface area (Å²) in [6.07, 6.45) is 8.54. The SMILES string of the molecule is CC1C(Oc2cccc3ccccc23)C2N(C)C(=O)CC[C@]2(C)[C@@H]2CC[C@]3(C)CCC[C@H]3[C@H]12. The van der Waals surface area contributed by atoms with Gasteiger partial charge in [0.05, 0.1) is 6.04 Å². The van der Waals surface area contributed by atoms with Crippen LogP contribution in [0.5, 0.6) is 5.75 Å². The average Bonchev–Trinajstić information content (AvgIpc) is 3.21. The zero-order valence-electron chi connectivity index (χ0n) is 20.7. The van der Waals surface area contributed by atoms with Crippen LogP contribution in [0.15, 0.2) is 42.5 Å². The molecule has 4 fully saturated rings. The predicted molar refractivity (Wildman–Crippen MR) is 133 cm³/mol. The molecule has 1 heterocycles. The Balaban J connectivity index is 1.46. The van der Waals surface area contributed by atoms with Gasteiger partial charge in [0.25, 0.3) is 0 Å². The lowest BCUT2D eigenvalue weighted by Gasteiger charge is -2.65. The second-order valence-electron chi connectivity index (χ2n) is 12.2. The van der Waals surface area contributed by atoms with Gasteiger partial charge in [-0.2, -0.15) is 0 Å². The number of piperidine rings is 1. The van der Waals surface area contributed by atoms with Gasteiger partial charge in [-0.05, 0) is 78.1 Å². The van der Waals surface area contributed by atoms with Crippen LogP contribution < -0.4 is 4.74 Å². The van der Waals surface area contributed by atoms with Crippen molar-refractivity contribution in [3.63, 3.8) is 0 Å². The molecule has 3 heteroatoms. The van der Waals surface area contributed by atoms with E-state index in [1.54, 1.807) is 0 Å². The Bertz CT molecular complexity index is 1070. The number of hydrogen-bond acceptors (Lipinski definition) is 2. The van der Waals surface area contributed by atoms with E-state index < -0.39 is 0 Å². The topological polar surface area (TPSA) is 29.5 Å². The number of nitrogens with zero attached hydrogens (tertiary/aromatic N) is 1. The van der Waals surface area contributed by atoms with Crippen LogP contribution >= 0.6 is 0 Å². The fourth-order valence-electron chi connectivity index (χ4n) is 9.11. The minimum Gasteiger partial charge on any atom is -0.487 e. The summed E-state index contributed by atoms with van der Waals surface area (Å²) in [5.74, 6) is 3.87. The second-order valence-corrected chi connectivity index (χ2v) is 12.2. The second kappa shape index (κ2) is 7.48. The van der Waals surface area contributed by atoms with Crippen LogP contribution in [0.3, 0.4) is 0 Å². The number of benzene rings is 2. The molecule has 3 unspecified atom stereocenters. The maximum absolute atomic E-state index is 13.0. The Morgan fingerprint density at radius 1 is 0.970 bits per heavy atom. The van der Waals surface area contributed by atoms with Crippen molar-refractivity contribution >= 4 is 16.7 Å². The van der Waals surface area contributed by atoms with Crippen molar-refractivity contribution in [1.82, 2.24) is 4.90 Å². The van der Waals surface area contributed by atoms with Gasteiger partial charge >= 0.3 is 0 Å². The molecule has 1 aliphatic heterocycles. The van der Waals surface area contributed by atoms with Crippen LogP contribution in [-0.4, -0.2) is 30.0 Å². The van der Waals surface area contributed by atoms with Crippen molar-refractivity contribution in [3.8, 4) is 5.75 Å². The van der Waals surface area contributed by atoms with Crippen LogP contribution in [0.4, 0.5) is 0 Å². The fraction of sp³-hybridized carbons (Fsp3) is 0.633. The number of amides is 1. The Hall–Kier alpha value is -2.03. The molecule has 0 aromatic heterocycles. The molecule has 176 valence electrons. The van der Waals surface area contributed by atoms with E-state index in [4.69, 9.17) is 4.74 Å². The number of fused-ring (bicyclic) bond motifs is 6. The first-order valence-corrected chi connectivity index (χ1v) is 13.2. The maximum Gasteiger partial charge on any atom is 0.222 e. The van der Waals surface area contributed by atoms with Gasteiger partial charge in [-0.1, -0.05) is 63.6 Å². The standard InChI is InChI=1S/C30H39NO2/c1-19-26-22-12-8-16-29(22,2)17-14-23(26)30(3)18-15-25(32)31(4)28(30)27(19)33-24-13-7-10-20-9-5-6-11-21(20)24/h5-7,9-11,13,19,22-23,26-28H,8,12,14-18H2,1-4H3/t19?,22-,23+,26-,27?,28?,29-,30+/m0/s1. The van der Waals surface area contributed by atoms with Gasteiger partial charge in [-0.25, -0.2) is 0 Å². The molecular weight excluding hydrogens is 406 g/mol. The zero-order chi connectivity index (χ0) is 23.0. The summed E-state index contributed by atoms with van der Waals surface area (Å²) < 4.78 is 7.07. The molecule has 0 bridgehead atoms. The molecule has 2 aromatic rings. The fourth-order valence-corrected chi connectivity index (χ4v) is 9.11. The monoisotopic (exact) mass is 445 g/mol. The highest BCUT2D eigenvalue weighted by Gasteiger charge is 2.64. The molecule has 1 saturated heterocycles. The predicted octanol–water partition coefficient (Wildman–Crippen LogP) is 6.70. The van der Waals surface area contributed by atoms with Crippen LogP contribution in [0, 0.1) is 34.5 Å². The van der Waals surface area contributed by atoms with Gasteiger partial charge in [-0.3, -0.25) is 4.79 Å². The van der Waals surface area contributed by atoms with Crippen LogP contribution in [0.2, 0.25) is 0 Å². The number of ether oxygens (including phenoxy) is 1. The number of carbonyl (C=O) groups is 1. The number of likely N-dealkylation sites (N-methyl/N-ethyl adjacent to an activating group) is 1. The summed E-state index contributed by atoms with van der Waals surface area (Å²) in [5.41, 5.74) is 0.623. The van der Waals surface area contributed by atoms with E-state index in [1.807, 2.05) is 7.05 Å². The first-order valence-electron chi connectivity index (χ1n) is 13.2. The highest BCUT2D eigenvalue weighted by atomic mass is 16.5. The zero-order valence-corrected chi connectivity index (χ0v) is 20.7. The third kappa shape index (κ3) is 3.03.